The van der Waals surface area contributed by atoms with Gasteiger partial charge in [-0.1, -0.05) is 0 Å². The summed E-state index contributed by atoms with van der Waals surface area (Å²) in [7, 11) is 0. The minimum absolute atomic E-state index is 0.0737. The number of urea groups is 1. The molecule has 1 unspecified atom stereocenters. The highest BCUT2D eigenvalue weighted by Gasteiger charge is 2.33. The lowest BCUT2D eigenvalue weighted by atomic mass is 10.2. The Morgan fingerprint density at radius 3 is 2.41 bits per heavy atom. The molecular formula is C21H23F3N4O2S2. The van der Waals surface area contributed by atoms with Crippen LogP contribution in [0.15, 0.2) is 41.1 Å². The first-order valence-corrected chi connectivity index (χ1v) is 12.2. The van der Waals surface area contributed by atoms with E-state index in [0.717, 1.165) is 24.2 Å². The molecule has 0 bridgehead atoms. The Morgan fingerprint density at radius 2 is 1.78 bits per heavy atom. The van der Waals surface area contributed by atoms with E-state index in [9.17, 15) is 22.8 Å². The molecule has 3 amide bonds. The van der Waals surface area contributed by atoms with Crippen LogP contribution in [0.25, 0.3) is 0 Å². The van der Waals surface area contributed by atoms with Crippen LogP contribution in [0.4, 0.5) is 23.7 Å². The number of carbonyl (C=O) groups is 2. The molecule has 1 N–H and O–H groups in total. The van der Waals surface area contributed by atoms with Crippen LogP contribution in [0, 0.1) is 0 Å². The molecule has 2 fully saturated rings. The predicted molar refractivity (Wildman–Crippen MR) is 120 cm³/mol. The van der Waals surface area contributed by atoms with Crippen molar-refractivity contribution in [2.24, 2.45) is 0 Å². The lowest BCUT2D eigenvalue weighted by Gasteiger charge is -2.36. The lowest BCUT2D eigenvalue weighted by molar-refractivity contribution is -0.137. The zero-order valence-electron chi connectivity index (χ0n) is 17.2. The summed E-state index contributed by atoms with van der Waals surface area (Å²) in [5.74, 6) is 0.652. The zero-order chi connectivity index (χ0) is 22.7. The Kier molecular flexibility index (Phi) is 6.96. The smallest absolute Gasteiger partial charge is 0.325 e. The molecule has 2 aliphatic rings. The van der Waals surface area contributed by atoms with Gasteiger partial charge in [0.2, 0.25) is 5.91 Å². The number of thiophene rings is 1. The van der Waals surface area contributed by atoms with E-state index in [0.29, 0.717) is 44.2 Å². The minimum atomic E-state index is -4.40. The number of piperazine rings is 1. The quantitative estimate of drug-likeness (QED) is 0.692. The number of benzene rings is 1. The maximum atomic E-state index is 12.7. The molecule has 0 saturated carbocycles. The topological polar surface area (TPSA) is 55.9 Å². The van der Waals surface area contributed by atoms with Crippen LogP contribution in [0.2, 0.25) is 0 Å². The fraction of sp³-hybridized carbons (Fsp3) is 0.429. The normalized spacial score (nSPS) is 20.1. The van der Waals surface area contributed by atoms with E-state index in [4.69, 9.17) is 0 Å². The molecule has 0 spiro atoms. The molecular weight excluding hydrogens is 461 g/mol. The van der Waals surface area contributed by atoms with Crippen LogP contribution >= 0.6 is 23.1 Å². The van der Waals surface area contributed by atoms with Gasteiger partial charge in [0.1, 0.15) is 5.37 Å². The van der Waals surface area contributed by atoms with Crippen molar-refractivity contribution in [1.82, 2.24) is 14.7 Å². The number of hydrogen-bond donors (Lipinski definition) is 1. The summed E-state index contributed by atoms with van der Waals surface area (Å²) in [6, 6.07) is 6.15. The minimum Gasteiger partial charge on any atom is -0.325 e. The highest BCUT2D eigenvalue weighted by Crippen LogP contribution is 2.39. The van der Waals surface area contributed by atoms with Crippen molar-refractivity contribution in [1.29, 1.82) is 0 Å². The largest absolute Gasteiger partial charge is 0.416 e. The summed E-state index contributed by atoms with van der Waals surface area (Å²) in [6.45, 7) is 3.77. The molecule has 1 aromatic carbocycles. The molecule has 6 nitrogen and oxygen atoms in total. The number of amides is 3. The van der Waals surface area contributed by atoms with E-state index in [-0.39, 0.29) is 17.3 Å². The summed E-state index contributed by atoms with van der Waals surface area (Å²) in [4.78, 5) is 30.6. The molecule has 0 aliphatic carbocycles. The highest BCUT2D eigenvalue weighted by atomic mass is 32.2. The SMILES string of the molecule is O=C(Nc1ccc(C(F)(F)F)cc1)N1CCN(CCN2C(=O)CSC2c2ccsc2)CC1. The first-order chi connectivity index (χ1) is 15.3. The van der Waals surface area contributed by atoms with Gasteiger partial charge in [-0.25, -0.2) is 4.79 Å². The van der Waals surface area contributed by atoms with E-state index >= 15 is 0 Å². The van der Waals surface area contributed by atoms with Crippen LogP contribution in [-0.4, -0.2) is 71.7 Å². The Bertz CT molecular complexity index is 930. The maximum absolute atomic E-state index is 12.7. The summed E-state index contributed by atoms with van der Waals surface area (Å²) in [6.07, 6.45) is -4.40. The van der Waals surface area contributed by atoms with Gasteiger partial charge in [0.15, 0.2) is 0 Å². The molecule has 32 heavy (non-hydrogen) atoms. The number of halogens is 3. The summed E-state index contributed by atoms with van der Waals surface area (Å²) >= 11 is 3.28. The highest BCUT2D eigenvalue weighted by molar-refractivity contribution is 8.00. The van der Waals surface area contributed by atoms with Crippen molar-refractivity contribution in [2.45, 2.75) is 11.6 Å². The molecule has 0 radical (unpaired) electrons. The monoisotopic (exact) mass is 484 g/mol. The van der Waals surface area contributed by atoms with Crippen LogP contribution in [0.3, 0.4) is 0 Å². The van der Waals surface area contributed by atoms with Gasteiger partial charge in [-0.3, -0.25) is 9.69 Å². The van der Waals surface area contributed by atoms with Crippen LogP contribution < -0.4 is 5.32 Å². The van der Waals surface area contributed by atoms with E-state index in [1.165, 1.54) is 12.1 Å². The van der Waals surface area contributed by atoms with Gasteiger partial charge in [-0.15, -0.1) is 11.8 Å². The number of hydrogen-bond acceptors (Lipinski definition) is 5. The average molecular weight is 485 g/mol. The molecule has 1 aromatic heterocycles. The molecule has 11 heteroatoms. The predicted octanol–water partition coefficient (Wildman–Crippen LogP) is 4.19. The Labute approximate surface area is 192 Å². The second-order valence-electron chi connectivity index (χ2n) is 7.64. The first-order valence-electron chi connectivity index (χ1n) is 10.2. The van der Waals surface area contributed by atoms with Crippen molar-refractivity contribution in [3.8, 4) is 0 Å². The Balaban J connectivity index is 1.23. The zero-order valence-corrected chi connectivity index (χ0v) is 18.8. The van der Waals surface area contributed by atoms with E-state index in [1.807, 2.05) is 10.3 Å². The molecule has 3 heterocycles. The summed E-state index contributed by atoms with van der Waals surface area (Å²) in [5.41, 5.74) is 0.741. The van der Waals surface area contributed by atoms with Gasteiger partial charge in [-0.2, -0.15) is 24.5 Å². The fourth-order valence-electron chi connectivity index (χ4n) is 3.76. The molecule has 172 valence electrons. The van der Waals surface area contributed by atoms with E-state index in [1.54, 1.807) is 28.0 Å². The van der Waals surface area contributed by atoms with Crippen LogP contribution in [0.5, 0.6) is 0 Å². The van der Waals surface area contributed by atoms with Gasteiger partial charge in [-0.05, 0) is 46.7 Å². The fourth-order valence-corrected chi connectivity index (χ4v) is 5.73. The number of rotatable bonds is 5. The van der Waals surface area contributed by atoms with Crippen LogP contribution in [0.1, 0.15) is 16.5 Å². The average Bonchev–Trinajstić information content (AvgIpc) is 3.42. The number of alkyl halides is 3. The standard InChI is InChI=1S/C21H23F3N4O2S2/c22-21(23,24)16-1-3-17(4-2-16)25-20(30)27-9-6-26(7-10-27)8-11-28-18(29)14-32-19(28)15-5-12-31-13-15/h1-5,12-13,19H,6-11,14H2,(H,25,30). The number of thioether (sulfide) groups is 1. The van der Waals surface area contributed by atoms with Gasteiger partial charge in [0.25, 0.3) is 0 Å². The van der Waals surface area contributed by atoms with Crippen LogP contribution in [-0.2, 0) is 11.0 Å². The number of nitrogens with one attached hydrogen (secondary N) is 1. The molecule has 4 rings (SSSR count). The number of carbonyl (C=O) groups excluding carboxylic acids is 2. The van der Waals surface area contributed by atoms with E-state index < -0.39 is 11.7 Å². The maximum Gasteiger partial charge on any atom is 0.416 e. The molecule has 1 atom stereocenters. The Morgan fingerprint density at radius 1 is 1.06 bits per heavy atom. The molecule has 2 aromatic rings. The van der Waals surface area contributed by atoms with Crippen molar-refractivity contribution in [3.63, 3.8) is 0 Å². The van der Waals surface area contributed by atoms with Crippen molar-refractivity contribution >= 4 is 40.7 Å². The van der Waals surface area contributed by atoms with E-state index in [2.05, 4.69) is 21.7 Å². The summed E-state index contributed by atoms with van der Waals surface area (Å²) < 4.78 is 38.0. The molecule has 2 aliphatic heterocycles. The third-order valence-electron chi connectivity index (χ3n) is 5.58. The van der Waals surface area contributed by atoms with Gasteiger partial charge in [0.05, 0.1) is 11.3 Å². The third-order valence-corrected chi connectivity index (χ3v) is 7.53. The second-order valence-corrected chi connectivity index (χ2v) is 9.49. The molecule has 2 saturated heterocycles. The van der Waals surface area contributed by atoms with Gasteiger partial charge in [0, 0.05) is 45.0 Å². The Hall–Kier alpha value is -2.24. The van der Waals surface area contributed by atoms with Crippen molar-refractivity contribution in [2.75, 3.05) is 50.3 Å². The lowest BCUT2D eigenvalue weighted by Crippen LogP contribution is -2.51. The van der Waals surface area contributed by atoms with Crippen molar-refractivity contribution < 1.29 is 22.8 Å². The summed E-state index contributed by atoms with van der Waals surface area (Å²) in [5, 5.41) is 6.83. The first kappa shape index (κ1) is 22.9. The van der Waals surface area contributed by atoms with Gasteiger partial charge < -0.3 is 15.1 Å². The number of nitrogens with zero attached hydrogens (tertiary/aromatic N) is 3. The van der Waals surface area contributed by atoms with Gasteiger partial charge >= 0.3 is 12.2 Å². The second kappa shape index (κ2) is 9.72. The van der Waals surface area contributed by atoms with Crippen molar-refractivity contribution in [3.05, 3.63) is 52.2 Å². The third kappa shape index (κ3) is 5.38. The number of anilines is 1.